The molecule has 3 atom stereocenters. The van der Waals surface area contributed by atoms with Crippen molar-refractivity contribution in [1.82, 2.24) is 4.90 Å². The fraction of sp³-hybridized carbons (Fsp3) is 0.292. The Balaban J connectivity index is 1.90. The van der Waals surface area contributed by atoms with Gasteiger partial charge in [-0.2, -0.15) is 11.8 Å². The van der Waals surface area contributed by atoms with Gasteiger partial charge in [0.25, 0.3) is 5.91 Å². The fourth-order valence-corrected chi connectivity index (χ4v) is 5.15. The third-order valence-electron chi connectivity index (χ3n) is 5.44. The molecular formula is C24H27N5O4S3. The van der Waals surface area contributed by atoms with Crippen LogP contribution in [0.25, 0.3) is 0 Å². The molecule has 36 heavy (non-hydrogen) atoms. The third-order valence-corrected chi connectivity index (χ3v) is 7.65. The zero-order valence-electron chi connectivity index (χ0n) is 19.6. The van der Waals surface area contributed by atoms with Gasteiger partial charge in [0.05, 0.1) is 21.9 Å². The standard InChI is InChI=1S/C24H27N5O4S3/c1-35-13-12-24(26,21(30)19(25)14-17-8-4-2-5-9-17)22(31)29(20-15-27-28-36(20)34)23(32)33-16-18-10-6-3-7-11-18/h2-11,15,19H,12-14,16,25-26H2,1H3. The van der Waals surface area contributed by atoms with Crippen molar-refractivity contribution >= 4 is 50.4 Å². The van der Waals surface area contributed by atoms with Crippen LogP contribution in [-0.4, -0.2) is 46.3 Å². The smallest absolute Gasteiger partial charge is 0.422 e. The highest BCUT2D eigenvalue weighted by molar-refractivity contribution is 8.30. The zero-order valence-corrected chi connectivity index (χ0v) is 22.1. The van der Waals surface area contributed by atoms with E-state index in [1.807, 2.05) is 42.7 Å². The van der Waals surface area contributed by atoms with Crippen LogP contribution in [0.5, 0.6) is 0 Å². The number of imide groups is 1. The predicted octanol–water partition coefficient (Wildman–Crippen LogP) is 3.00. The predicted molar refractivity (Wildman–Crippen MR) is 144 cm³/mol. The van der Waals surface area contributed by atoms with E-state index < -0.39 is 39.0 Å². The normalized spacial score (nSPS) is 17.1. The molecule has 0 bridgehead atoms. The molecule has 0 saturated heterocycles. The van der Waals surface area contributed by atoms with E-state index in [0.717, 1.165) is 5.56 Å². The summed E-state index contributed by atoms with van der Waals surface area (Å²) in [5.74, 6) is -1.27. The Kier molecular flexibility index (Phi) is 10.0. The second kappa shape index (κ2) is 13.0. The van der Waals surface area contributed by atoms with E-state index in [-0.39, 0.29) is 24.5 Å². The lowest BCUT2D eigenvalue weighted by atomic mass is 9.84. The molecule has 190 valence electrons. The maximum absolute atomic E-state index is 13.9. The quantitative estimate of drug-likeness (QED) is 0.411. The lowest BCUT2D eigenvalue weighted by Crippen LogP contribution is -2.65. The largest absolute Gasteiger partial charge is 0.444 e. The zero-order chi connectivity index (χ0) is 26.1. The van der Waals surface area contributed by atoms with Crippen LogP contribution >= 0.6 is 11.8 Å². The number of carbonyl (C=O) groups excluding carboxylic acids is 3. The van der Waals surface area contributed by atoms with Gasteiger partial charge in [-0.1, -0.05) is 60.7 Å². The van der Waals surface area contributed by atoms with Gasteiger partial charge in [0.1, 0.15) is 11.6 Å². The number of amides is 2. The minimum atomic E-state index is -2.09. The summed E-state index contributed by atoms with van der Waals surface area (Å²) in [5, 5.41) is 3.77. The van der Waals surface area contributed by atoms with Gasteiger partial charge in [-0.05, 0) is 47.2 Å². The average Bonchev–Trinajstić information content (AvgIpc) is 3.31. The van der Waals surface area contributed by atoms with Crippen molar-refractivity contribution < 1.29 is 19.1 Å². The summed E-state index contributed by atoms with van der Waals surface area (Å²) in [4.78, 5) is 41.4. The SMILES string of the molecule is CSCCC(N)(C(=O)C(N)Cc1ccccc1)C(=O)N(C(=O)OCc1ccccc1)C1=CN=NS1=S. The Labute approximate surface area is 221 Å². The molecule has 3 rings (SSSR count). The first-order chi connectivity index (χ1) is 17.3. The number of hydrogen-bond donors (Lipinski definition) is 2. The first-order valence-electron chi connectivity index (χ1n) is 11.0. The van der Waals surface area contributed by atoms with Gasteiger partial charge in [-0.15, -0.1) is 9.63 Å². The molecule has 0 aliphatic carbocycles. The first-order valence-corrected chi connectivity index (χ1v) is 14.5. The van der Waals surface area contributed by atoms with Gasteiger partial charge in [-0.25, -0.2) is 9.69 Å². The number of Topliss-reactive ketones (excluding diaryl/α,β-unsaturated/α-hetero) is 1. The highest BCUT2D eigenvalue weighted by Gasteiger charge is 2.49. The maximum Gasteiger partial charge on any atom is 0.422 e. The van der Waals surface area contributed by atoms with Crippen LogP contribution in [0.2, 0.25) is 0 Å². The van der Waals surface area contributed by atoms with Gasteiger partial charge < -0.3 is 16.2 Å². The molecule has 1 aliphatic heterocycles. The van der Waals surface area contributed by atoms with Gasteiger partial charge in [0.15, 0.2) is 11.3 Å². The molecule has 9 nitrogen and oxygen atoms in total. The summed E-state index contributed by atoms with van der Waals surface area (Å²) in [6.45, 7) is -0.0971. The van der Waals surface area contributed by atoms with Crippen LogP contribution in [0.1, 0.15) is 17.5 Å². The highest BCUT2D eigenvalue weighted by atomic mass is 32.8. The van der Waals surface area contributed by atoms with E-state index in [0.29, 0.717) is 16.2 Å². The molecular weight excluding hydrogens is 518 g/mol. The number of nitrogens with zero attached hydrogens (tertiary/aromatic N) is 3. The summed E-state index contributed by atoms with van der Waals surface area (Å²) in [5.41, 5.74) is 12.2. The number of carbonyl (C=O) groups is 3. The molecule has 4 N–H and O–H groups in total. The van der Waals surface area contributed by atoms with E-state index in [9.17, 15) is 14.4 Å². The van der Waals surface area contributed by atoms with Crippen LogP contribution in [0.4, 0.5) is 4.79 Å². The Bertz CT molecular complexity index is 1180. The molecule has 2 amide bonds. The Morgan fingerprint density at radius 2 is 1.72 bits per heavy atom. The number of benzene rings is 2. The first kappa shape index (κ1) is 27.8. The van der Waals surface area contributed by atoms with Crippen molar-refractivity contribution in [2.24, 2.45) is 21.1 Å². The van der Waals surface area contributed by atoms with Crippen LogP contribution in [0.15, 0.2) is 81.5 Å². The summed E-state index contributed by atoms with van der Waals surface area (Å²) in [6.07, 6.45) is 2.16. The minimum absolute atomic E-state index is 0.0245. The highest BCUT2D eigenvalue weighted by Crippen LogP contribution is 2.26. The monoisotopic (exact) mass is 545 g/mol. The molecule has 1 aliphatic rings. The number of thioether (sulfide) groups is 1. The molecule has 2 aromatic rings. The summed E-state index contributed by atoms with van der Waals surface area (Å²) in [7, 11) is -1.32. The van der Waals surface area contributed by atoms with Gasteiger partial charge in [0.2, 0.25) is 0 Å². The molecule has 0 aromatic heterocycles. The Hall–Kier alpha value is -2.77. The van der Waals surface area contributed by atoms with Crippen LogP contribution in [0.3, 0.4) is 0 Å². The number of ketones is 1. The lowest BCUT2D eigenvalue weighted by molar-refractivity contribution is -0.141. The van der Waals surface area contributed by atoms with Crippen LogP contribution in [-0.2, 0) is 48.2 Å². The van der Waals surface area contributed by atoms with E-state index >= 15 is 0 Å². The molecule has 0 saturated carbocycles. The summed E-state index contributed by atoms with van der Waals surface area (Å²) < 4.78 is 9.22. The Morgan fingerprint density at radius 3 is 2.28 bits per heavy atom. The average molecular weight is 546 g/mol. The molecule has 3 unspecified atom stereocenters. The van der Waals surface area contributed by atoms with E-state index in [1.54, 1.807) is 24.3 Å². The van der Waals surface area contributed by atoms with E-state index in [2.05, 4.69) is 9.63 Å². The van der Waals surface area contributed by atoms with Gasteiger partial charge in [-0.3, -0.25) is 9.59 Å². The summed E-state index contributed by atoms with van der Waals surface area (Å²) in [6, 6.07) is 17.1. The molecule has 0 fully saturated rings. The molecule has 0 radical (unpaired) electrons. The second-order valence-electron chi connectivity index (χ2n) is 7.97. The van der Waals surface area contributed by atoms with E-state index in [1.165, 1.54) is 18.0 Å². The number of nitrogens with two attached hydrogens (primary N) is 2. The summed E-state index contributed by atoms with van der Waals surface area (Å²) >= 11 is 6.68. The van der Waals surface area contributed by atoms with Gasteiger partial charge in [0, 0.05) is 0 Å². The second-order valence-corrected chi connectivity index (χ2v) is 11.0. The van der Waals surface area contributed by atoms with Crippen molar-refractivity contribution in [3.05, 3.63) is 83.0 Å². The van der Waals surface area contributed by atoms with Crippen molar-refractivity contribution in [3.8, 4) is 0 Å². The Morgan fingerprint density at radius 1 is 1.11 bits per heavy atom. The lowest BCUT2D eigenvalue weighted by Gasteiger charge is -2.33. The fourth-order valence-electron chi connectivity index (χ4n) is 3.48. The van der Waals surface area contributed by atoms with Crippen LogP contribution < -0.4 is 11.5 Å². The number of rotatable bonds is 11. The minimum Gasteiger partial charge on any atom is -0.444 e. The van der Waals surface area contributed by atoms with Gasteiger partial charge >= 0.3 is 6.09 Å². The van der Waals surface area contributed by atoms with Crippen molar-refractivity contribution in [2.45, 2.75) is 31.0 Å². The third kappa shape index (κ3) is 6.71. The van der Waals surface area contributed by atoms with Crippen LogP contribution in [0, 0.1) is 0 Å². The molecule has 2 aromatic carbocycles. The number of ether oxygens (including phenoxy) is 1. The van der Waals surface area contributed by atoms with Crippen molar-refractivity contribution in [1.29, 1.82) is 0 Å². The molecule has 1 heterocycles. The van der Waals surface area contributed by atoms with E-state index in [4.69, 9.17) is 27.4 Å². The van der Waals surface area contributed by atoms with Crippen molar-refractivity contribution in [3.63, 3.8) is 0 Å². The van der Waals surface area contributed by atoms with Crippen molar-refractivity contribution in [2.75, 3.05) is 12.0 Å². The maximum atomic E-state index is 13.9. The topological polar surface area (TPSA) is 140 Å². The number of hydrogen-bond acceptors (Lipinski definition) is 9. The molecule has 0 spiro atoms. The molecule has 12 heteroatoms.